The Morgan fingerprint density at radius 3 is 3.00 bits per heavy atom. The fourth-order valence-electron chi connectivity index (χ4n) is 1.52. The number of ether oxygens (including phenoxy) is 1. The van der Waals surface area contributed by atoms with Gasteiger partial charge in [0.15, 0.2) is 0 Å². The van der Waals surface area contributed by atoms with Crippen LogP contribution in [0.25, 0.3) is 0 Å². The molecule has 8 nitrogen and oxygen atoms in total. The number of nitrogens with one attached hydrogen (secondary N) is 1. The Labute approximate surface area is 116 Å². The van der Waals surface area contributed by atoms with Crippen molar-refractivity contribution in [2.24, 2.45) is 7.05 Å². The number of nitro groups is 1. The summed E-state index contributed by atoms with van der Waals surface area (Å²) in [5, 5.41) is 13.3. The number of nitrogens with zero attached hydrogens (tertiary/aromatic N) is 3. The fraction of sp³-hybridized carbons (Fsp3) is 0.500. The van der Waals surface area contributed by atoms with Crippen molar-refractivity contribution in [2.45, 2.75) is 19.4 Å². The summed E-state index contributed by atoms with van der Waals surface area (Å²) in [6.07, 6.45) is 4.01. The van der Waals surface area contributed by atoms with Crippen LogP contribution in [0, 0.1) is 10.1 Å². The second kappa shape index (κ2) is 8.05. The van der Waals surface area contributed by atoms with Gasteiger partial charge in [-0.1, -0.05) is 6.58 Å². The van der Waals surface area contributed by atoms with E-state index in [1.165, 1.54) is 16.8 Å². The Morgan fingerprint density at radius 1 is 1.65 bits per heavy atom. The third-order valence-corrected chi connectivity index (χ3v) is 2.68. The predicted molar refractivity (Wildman–Crippen MR) is 72.0 cm³/mol. The van der Waals surface area contributed by atoms with E-state index in [0.29, 0.717) is 19.0 Å². The number of imidazole rings is 1. The maximum Gasteiger partial charge on any atom is 0.342 e. The SMILES string of the molecule is C=CC(=O)NCCCCOCc1ncc([N+](=O)[O-])n1C. The molecule has 110 valence electrons. The summed E-state index contributed by atoms with van der Waals surface area (Å²) in [5.74, 6) is 0.263. The van der Waals surface area contributed by atoms with Crippen LogP contribution < -0.4 is 5.32 Å². The summed E-state index contributed by atoms with van der Waals surface area (Å²) in [6.45, 7) is 4.65. The molecule has 0 aromatic carbocycles. The first-order chi connectivity index (χ1) is 9.56. The van der Waals surface area contributed by atoms with Gasteiger partial charge in [0.2, 0.25) is 11.7 Å². The molecular weight excluding hydrogens is 264 g/mol. The van der Waals surface area contributed by atoms with E-state index >= 15 is 0 Å². The summed E-state index contributed by atoms with van der Waals surface area (Å²) >= 11 is 0. The number of rotatable bonds is 9. The van der Waals surface area contributed by atoms with E-state index in [9.17, 15) is 14.9 Å². The van der Waals surface area contributed by atoms with Crippen LogP contribution in [0.4, 0.5) is 5.82 Å². The minimum absolute atomic E-state index is 0.0595. The van der Waals surface area contributed by atoms with Gasteiger partial charge in [0.25, 0.3) is 0 Å². The average Bonchev–Trinajstić information content (AvgIpc) is 2.79. The molecule has 0 aliphatic carbocycles. The first-order valence-corrected chi connectivity index (χ1v) is 6.19. The second-order valence-corrected chi connectivity index (χ2v) is 4.10. The van der Waals surface area contributed by atoms with E-state index in [0.717, 1.165) is 12.8 Å². The minimum Gasteiger partial charge on any atom is -0.371 e. The van der Waals surface area contributed by atoms with Gasteiger partial charge in [0.05, 0.1) is 7.05 Å². The molecule has 0 unspecified atom stereocenters. The molecular formula is C12H18N4O4. The molecule has 0 aliphatic heterocycles. The fourth-order valence-corrected chi connectivity index (χ4v) is 1.52. The van der Waals surface area contributed by atoms with Crippen molar-refractivity contribution in [3.63, 3.8) is 0 Å². The van der Waals surface area contributed by atoms with E-state index < -0.39 is 4.92 Å². The molecule has 1 aromatic heterocycles. The lowest BCUT2D eigenvalue weighted by Crippen LogP contribution is -2.22. The van der Waals surface area contributed by atoms with Crippen LogP contribution in [-0.4, -0.2) is 33.5 Å². The number of unbranched alkanes of at least 4 members (excludes halogenated alkanes) is 1. The van der Waals surface area contributed by atoms with Crippen molar-refractivity contribution in [3.8, 4) is 0 Å². The first kappa shape index (κ1) is 15.8. The van der Waals surface area contributed by atoms with Gasteiger partial charge in [-0.2, -0.15) is 0 Å². The largest absolute Gasteiger partial charge is 0.371 e. The van der Waals surface area contributed by atoms with Crippen LogP contribution in [-0.2, 0) is 23.2 Å². The summed E-state index contributed by atoms with van der Waals surface area (Å²) in [5.41, 5.74) is 0. The molecule has 0 bridgehead atoms. The molecule has 0 saturated heterocycles. The maximum atomic E-state index is 10.9. The molecule has 1 rings (SSSR count). The van der Waals surface area contributed by atoms with Crippen LogP contribution in [0.15, 0.2) is 18.9 Å². The van der Waals surface area contributed by atoms with E-state index in [4.69, 9.17) is 4.74 Å². The maximum absolute atomic E-state index is 10.9. The number of carbonyl (C=O) groups is 1. The van der Waals surface area contributed by atoms with E-state index in [-0.39, 0.29) is 18.3 Å². The highest BCUT2D eigenvalue weighted by Crippen LogP contribution is 2.12. The Morgan fingerprint density at radius 2 is 2.40 bits per heavy atom. The van der Waals surface area contributed by atoms with Crippen LogP contribution in [0.2, 0.25) is 0 Å². The quantitative estimate of drug-likeness (QED) is 0.314. The normalized spacial score (nSPS) is 10.2. The van der Waals surface area contributed by atoms with Crippen LogP contribution in [0.3, 0.4) is 0 Å². The van der Waals surface area contributed by atoms with E-state index in [2.05, 4.69) is 16.9 Å². The number of aromatic nitrogens is 2. The number of carbonyl (C=O) groups excluding carboxylic acids is 1. The lowest BCUT2D eigenvalue weighted by atomic mass is 10.3. The zero-order valence-electron chi connectivity index (χ0n) is 11.4. The van der Waals surface area contributed by atoms with Crippen LogP contribution in [0.5, 0.6) is 0 Å². The van der Waals surface area contributed by atoms with Crippen LogP contribution >= 0.6 is 0 Å². The molecule has 1 N–H and O–H groups in total. The van der Waals surface area contributed by atoms with Gasteiger partial charge in [-0.15, -0.1) is 0 Å². The van der Waals surface area contributed by atoms with E-state index in [1.54, 1.807) is 7.05 Å². The van der Waals surface area contributed by atoms with Gasteiger partial charge in [-0.05, 0) is 23.8 Å². The Kier molecular flexibility index (Phi) is 6.38. The third kappa shape index (κ3) is 4.81. The van der Waals surface area contributed by atoms with Crippen molar-refractivity contribution in [2.75, 3.05) is 13.2 Å². The van der Waals surface area contributed by atoms with Gasteiger partial charge in [0, 0.05) is 13.2 Å². The third-order valence-electron chi connectivity index (χ3n) is 2.68. The standard InChI is InChI=1S/C12H18N4O4/c1-3-11(17)13-6-4-5-7-20-9-10-14-8-12(15(10)2)16(18)19/h3,8H,1,4-7,9H2,2H3,(H,13,17). The molecule has 1 amide bonds. The Bertz CT molecular complexity index is 484. The van der Waals surface area contributed by atoms with Crippen molar-refractivity contribution < 1.29 is 14.5 Å². The van der Waals surface area contributed by atoms with Crippen molar-refractivity contribution in [1.82, 2.24) is 14.9 Å². The molecule has 8 heteroatoms. The zero-order chi connectivity index (χ0) is 15.0. The number of amides is 1. The topological polar surface area (TPSA) is 99.3 Å². The van der Waals surface area contributed by atoms with Crippen LogP contribution in [0.1, 0.15) is 18.7 Å². The lowest BCUT2D eigenvalue weighted by Gasteiger charge is -2.03. The Hall–Kier alpha value is -2.22. The van der Waals surface area contributed by atoms with Gasteiger partial charge in [0.1, 0.15) is 12.8 Å². The molecule has 1 heterocycles. The number of hydrogen-bond acceptors (Lipinski definition) is 5. The van der Waals surface area contributed by atoms with Gasteiger partial charge in [-0.25, -0.2) is 9.55 Å². The minimum atomic E-state index is -0.487. The first-order valence-electron chi connectivity index (χ1n) is 6.19. The second-order valence-electron chi connectivity index (χ2n) is 4.10. The van der Waals surface area contributed by atoms with E-state index in [1.807, 2.05) is 0 Å². The summed E-state index contributed by atoms with van der Waals surface area (Å²) < 4.78 is 6.78. The summed E-state index contributed by atoms with van der Waals surface area (Å²) in [4.78, 5) is 24.9. The van der Waals surface area contributed by atoms with Gasteiger partial charge < -0.3 is 20.2 Å². The summed E-state index contributed by atoms with van der Waals surface area (Å²) in [6, 6.07) is 0. The summed E-state index contributed by atoms with van der Waals surface area (Å²) in [7, 11) is 1.58. The van der Waals surface area contributed by atoms with Crippen molar-refractivity contribution in [3.05, 3.63) is 34.8 Å². The lowest BCUT2D eigenvalue weighted by molar-refractivity contribution is -0.391. The monoisotopic (exact) mass is 282 g/mol. The Balaban J connectivity index is 2.17. The average molecular weight is 282 g/mol. The zero-order valence-corrected chi connectivity index (χ0v) is 11.4. The molecule has 0 spiro atoms. The molecule has 0 saturated carbocycles. The predicted octanol–water partition coefficient (Wildman–Crippen LogP) is 0.927. The number of hydrogen-bond donors (Lipinski definition) is 1. The van der Waals surface area contributed by atoms with Crippen molar-refractivity contribution in [1.29, 1.82) is 0 Å². The molecule has 0 aliphatic rings. The van der Waals surface area contributed by atoms with Crippen molar-refractivity contribution >= 4 is 11.7 Å². The molecule has 0 radical (unpaired) electrons. The molecule has 20 heavy (non-hydrogen) atoms. The molecule has 0 atom stereocenters. The smallest absolute Gasteiger partial charge is 0.342 e. The van der Waals surface area contributed by atoms with Gasteiger partial charge >= 0.3 is 5.82 Å². The highest BCUT2D eigenvalue weighted by Gasteiger charge is 2.15. The van der Waals surface area contributed by atoms with Gasteiger partial charge in [-0.3, -0.25) is 4.79 Å². The molecule has 0 fully saturated rings. The molecule has 1 aromatic rings. The highest BCUT2D eigenvalue weighted by atomic mass is 16.6. The highest BCUT2D eigenvalue weighted by molar-refractivity contribution is 5.86.